The van der Waals surface area contributed by atoms with Crippen LogP contribution in [0.25, 0.3) is 0 Å². The molecule has 0 amide bonds. The summed E-state index contributed by atoms with van der Waals surface area (Å²) < 4.78 is 0. The first-order valence-corrected chi connectivity index (χ1v) is 6.89. The molecule has 0 aliphatic heterocycles. The summed E-state index contributed by atoms with van der Waals surface area (Å²) >= 11 is 6.07. The molecular formula is C14H21ClN2. The van der Waals surface area contributed by atoms with Crippen LogP contribution in [-0.2, 0) is 6.42 Å². The fourth-order valence-electron chi connectivity index (χ4n) is 2.32. The minimum atomic E-state index is 0.679. The summed E-state index contributed by atoms with van der Waals surface area (Å²) in [7, 11) is 0. The molecule has 3 heteroatoms. The summed E-state index contributed by atoms with van der Waals surface area (Å²) in [5.74, 6) is 0. The number of halogens is 1. The largest absolute Gasteiger partial charge is 0.368 e. The third-order valence-electron chi connectivity index (χ3n) is 3.22. The Morgan fingerprint density at radius 2 is 2.18 bits per heavy atom. The molecule has 0 saturated heterocycles. The van der Waals surface area contributed by atoms with Gasteiger partial charge in [-0.1, -0.05) is 18.5 Å². The molecule has 1 saturated carbocycles. The maximum Gasteiger partial charge on any atom is 0.0410 e. The average Bonchev–Trinajstić information content (AvgIpc) is 3.11. The van der Waals surface area contributed by atoms with E-state index >= 15 is 0 Å². The van der Waals surface area contributed by atoms with Crippen LogP contribution in [0, 0.1) is 0 Å². The fraction of sp³-hybridized carbons (Fsp3) is 0.571. The van der Waals surface area contributed by atoms with Gasteiger partial charge in [-0.2, -0.15) is 0 Å². The van der Waals surface area contributed by atoms with Crippen molar-refractivity contribution in [3.63, 3.8) is 0 Å². The van der Waals surface area contributed by atoms with E-state index in [9.17, 15) is 0 Å². The first-order valence-electron chi connectivity index (χ1n) is 6.51. The van der Waals surface area contributed by atoms with E-state index in [1.54, 1.807) is 0 Å². The second kappa shape index (κ2) is 5.74. The van der Waals surface area contributed by atoms with Gasteiger partial charge in [0.25, 0.3) is 0 Å². The van der Waals surface area contributed by atoms with Gasteiger partial charge in [0.15, 0.2) is 0 Å². The van der Waals surface area contributed by atoms with Crippen molar-refractivity contribution in [2.75, 3.05) is 18.0 Å². The van der Waals surface area contributed by atoms with Crippen molar-refractivity contribution in [1.29, 1.82) is 0 Å². The Bertz CT molecular complexity index is 374. The van der Waals surface area contributed by atoms with Crippen LogP contribution in [0.5, 0.6) is 0 Å². The summed E-state index contributed by atoms with van der Waals surface area (Å²) in [6, 6.07) is 6.95. The Kier molecular flexibility index (Phi) is 4.30. The molecular weight excluding hydrogens is 232 g/mol. The zero-order valence-corrected chi connectivity index (χ0v) is 11.2. The van der Waals surface area contributed by atoms with E-state index in [4.69, 9.17) is 17.3 Å². The monoisotopic (exact) mass is 252 g/mol. The van der Waals surface area contributed by atoms with Crippen LogP contribution in [-0.4, -0.2) is 19.1 Å². The molecule has 0 aromatic heterocycles. The van der Waals surface area contributed by atoms with Crippen LogP contribution in [0.4, 0.5) is 5.69 Å². The van der Waals surface area contributed by atoms with Gasteiger partial charge in [-0.3, -0.25) is 0 Å². The Labute approximate surface area is 109 Å². The van der Waals surface area contributed by atoms with E-state index in [-0.39, 0.29) is 0 Å². The minimum absolute atomic E-state index is 0.679. The lowest BCUT2D eigenvalue weighted by Crippen LogP contribution is -2.27. The maximum absolute atomic E-state index is 6.07. The van der Waals surface area contributed by atoms with Gasteiger partial charge in [-0.05, 0) is 56.0 Å². The van der Waals surface area contributed by atoms with Crippen LogP contribution < -0.4 is 10.6 Å². The lowest BCUT2D eigenvalue weighted by molar-refractivity contribution is 0.756. The van der Waals surface area contributed by atoms with Crippen LogP contribution in [0.3, 0.4) is 0 Å². The molecule has 1 aliphatic rings. The highest BCUT2D eigenvalue weighted by molar-refractivity contribution is 6.30. The third kappa shape index (κ3) is 3.14. The molecule has 0 bridgehead atoms. The number of nitrogens with two attached hydrogens (primary N) is 1. The van der Waals surface area contributed by atoms with Crippen LogP contribution in [0.15, 0.2) is 18.2 Å². The van der Waals surface area contributed by atoms with Gasteiger partial charge in [-0.15, -0.1) is 0 Å². The van der Waals surface area contributed by atoms with Crippen LogP contribution in [0.2, 0.25) is 5.02 Å². The average molecular weight is 253 g/mol. The normalized spacial score (nSPS) is 15.0. The van der Waals surface area contributed by atoms with Crippen molar-refractivity contribution in [3.8, 4) is 0 Å². The van der Waals surface area contributed by atoms with E-state index < -0.39 is 0 Å². The number of hydrogen-bond acceptors (Lipinski definition) is 2. The lowest BCUT2D eigenvalue weighted by Gasteiger charge is -2.27. The number of rotatable bonds is 6. The summed E-state index contributed by atoms with van der Waals surface area (Å²) in [4.78, 5) is 2.53. The van der Waals surface area contributed by atoms with Crippen molar-refractivity contribution < 1.29 is 0 Å². The van der Waals surface area contributed by atoms with Crippen molar-refractivity contribution in [3.05, 3.63) is 28.8 Å². The topological polar surface area (TPSA) is 29.3 Å². The van der Waals surface area contributed by atoms with Gasteiger partial charge in [0.2, 0.25) is 0 Å². The molecule has 1 fully saturated rings. The van der Waals surface area contributed by atoms with Crippen molar-refractivity contribution >= 4 is 17.3 Å². The molecule has 2 nitrogen and oxygen atoms in total. The molecule has 0 radical (unpaired) electrons. The van der Waals surface area contributed by atoms with Crippen molar-refractivity contribution in [1.82, 2.24) is 0 Å². The summed E-state index contributed by atoms with van der Waals surface area (Å²) in [5, 5.41) is 0.810. The Hall–Kier alpha value is -0.730. The second-order valence-electron chi connectivity index (χ2n) is 4.74. The SMILES string of the molecule is CCCN(c1ccc(Cl)cc1CCN)C1CC1. The fourth-order valence-corrected chi connectivity index (χ4v) is 2.51. The van der Waals surface area contributed by atoms with Gasteiger partial charge in [0.1, 0.15) is 0 Å². The summed E-state index contributed by atoms with van der Waals surface area (Å²) in [6.45, 7) is 4.04. The number of benzene rings is 1. The predicted molar refractivity (Wildman–Crippen MR) is 74.9 cm³/mol. The highest BCUT2D eigenvalue weighted by Crippen LogP contribution is 2.34. The smallest absolute Gasteiger partial charge is 0.0410 e. The van der Waals surface area contributed by atoms with E-state index in [0.717, 1.165) is 24.0 Å². The lowest BCUT2D eigenvalue weighted by atomic mass is 10.1. The predicted octanol–water partition coefficient (Wildman–Crippen LogP) is 3.22. The maximum atomic E-state index is 6.07. The number of hydrogen-bond donors (Lipinski definition) is 1. The van der Waals surface area contributed by atoms with Gasteiger partial charge in [0, 0.05) is 23.3 Å². The molecule has 1 aromatic rings. The van der Waals surface area contributed by atoms with Crippen molar-refractivity contribution in [2.24, 2.45) is 5.73 Å². The third-order valence-corrected chi connectivity index (χ3v) is 3.45. The molecule has 0 atom stereocenters. The van der Waals surface area contributed by atoms with Gasteiger partial charge < -0.3 is 10.6 Å². The van der Waals surface area contributed by atoms with Gasteiger partial charge in [0.05, 0.1) is 0 Å². The van der Waals surface area contributed by atoms with Gasteiger partial charge in [-0.25, -0.2) is 0 Å². The number of nitrogens with zero attached hydrogens (tertiary/aromatic N) is 1. The zero-order valence-electron chi connectivity index (χ0n) is 10.5. The quantitative estimate of drug-likeness (QED) is 0.842. The molecule has 0 spiro atoms. The molecule has 0 unspecified atom stereocenters. The summed E-state index contributed by atoms with van der Waals surface area (Å²) in [6.07, 6.45) is 4.74. The van der Waals surface area contributed by atoms with E-state index in [1.807, 2.05) is 6.07 Å². The first-order chi connectivity index (χ1) is 8.26. The Balaban J connectivity index is 2.27. The van der Waals surface area contributed by atoms with Crippen LogP contribution in [0.1, 0.15) is 31.7 Å². The minimum Gasteiger partial charge on any atom is -0.368 e. The molecule has 2 N–H and O–H groups in total. The highest BCUT2D eigenvalue weighted by atomic mass is 35.5. The Morgan fingerprint density at radius 3 is 2.76 bits per heavy atom. The van der Waals surface area contributed by atoms with E-state index in [1.165, 1.54) is 30.5 Å². The second-order valence-corrected chi connectivity index (χ2v) is 5.17. The molecule has 94 valence electrons. The van der Waals surface area contributed by atoms with E-state index in [2.05, 4.69) is 24.0 Å². The molecule has 17 heavy (non-hydrogen) atoms. The van der Waals surface area contributed by atoms with Gasteiger partial charge >= 0.3 is 0 Å². The van der Waals surface area contributed by atoms with Crippen LogP contribution >= 0.6 is 11.6 Å². The number of anilines is 1. The molecule has 0 heterocycles. The standard InChI is InChI=1S/C14H21ClN2/c1-2-9-17(13-4-5-13)14-6-3-12(15)10-11(14)7-8-16/h3,6,10,13H,2,4-5,7-9,16H2,1H3. The van der Waals surface area contributed by atoms with E-state index in [0.29, 0.717) is 6.54 Å². The molecule has 1 aliphatic carbocycles. The summed E-state index contributed by atoms with van der Waals surface area (Å²) in [5.41, 5.74) is 8.31. The molecule has 2 rings (SSSR count). The molecule has 1 aromatic carbocycles. The highest BCUT2D eigenvalue weighted by Gasteiger charge is 2.29. The zero-order chi connectivity index (χ0) is 12.3. The first kappa shape index (κ1) is 12.7. The Morgan fingerprint density at radius 1 is 1.41 bits per heavy atom. The van der Waals surface area contributed by atoms with Crippen molar-refractivity contribution in [2.45, 2.75) is 38.6 Å².